The Kier molecular flexibility index (Phi) is 5.23. The minimum Gasteiger partial charge on any atom is -0.336 e. The van der Waals surface area contributed by atoms with E-state index in [4.69, 9.17) is 0 Å². The zero-order valence-corrected chi connectivity index (χ0v) is 16.5. The fourth-order valence-corrected chi connectivity index (χ4v) is 6.42. The summed E-state index contributed by atoms with van der Waals surface area (Å²) in [6, 6.07) is 13.3. The summed E-state index contributed by atoms with van der Waals surface area (Å²) in [6.45, 7) is 0.578. The Morgan fingerprint density at radius 2 is 1.36 bits per heavy atom. The van der Waals surface area contributed by atoms with Crippen molar-refractivity contribution in [2.24, 2.45) is 0 Å². The van der Waals surface area contributed by atoms with Gasteiger partial charge in [-0.3, -0.25) is 4.79 Å². The molecular formula is C22H24FNO3S. The van der Waals surface area contributed by atoms with E-state index in [1.54, 1.807) is 29.2 Å². The normalized spacial score (nSPS) is 18.7. The summed E-state index contributed by atoms with van der Waals surface area (Å²) in [5.74, 6) is -0.424. The maximum atomic E-state index is 13.0. The number of carbonyl (C=O) groups is 1. The fourth-order valence-electron chi connectivity index (χ4n) is 4.11. The quantitative estimate of drug-likeness (QED) is 0.776. The Labute approximate surface area is 165 Å². The number of hydrogen-bond donors (Lipinski definition) is 0. The fraction of sp³-hybridized carbons (Fsp3) is 0.409. The smallest absolute Gasteiger partial charge is 0.253 e. The molecule has 4 nitrogen and oxygen atoms in total. The van der Waals surface area contributed by atoms with Crippen LogP contribution in [0.1, 0.15) is 42.5 Å². The van der Waals surface area contributed by atoms with Gasteiger partial charge in [0.15, 0.2) is 9.84 Å². The lowest BCUT2D eigenvalue weighted by molar-refractivity contribution is 0.0658. The molecule has 6 heteroatoms. The van der Waals surface area contributed by atoms with Crippen LogP contribution in [-0.2, 0) is 9.84 Å². The average Bonchev–Trinajstić information content (AvgIpc) is 2.68. The molecule has 2 aliphatic rings. The molecule has 1 heterocycles. The van der Waals surface area contributed by atoms with Crippen LogP contribution in [0.2, 0.25) is 0 Å². The molecule has 0 N–H and O–H groups in total. The number of halogens is 1. The van der Waals surface area contributed by atoms with Crippen LogP contribution in [0, 0.1) is 5.82 Å². The molecule has 4 rings (SSSR count). The number of hydrogen-bond acceptors (Lipinski definition) is 3. The van der Waals surface area contributed by atoms with E-state index >= 15 is 0 Å². The van der Waals surface area contributed by atoms with Gasteiger partial charge in [0.05, 0.1) is 10.5 Å². The molecule has 0 radical (unpaired) electrons. The van der Waals surface area contributed by atoms with Crippen LogP contribution in [0.5, 0.6) is 0 Å². The third kappa shape index (κ3) is 3.70. The molecule has 148 valence electrons. The van der Waals surface area contributed by atoms with Crippen molar-refractivity contribution in [1.82, 2.24) is 4.90 Å². The molecule has 1 aliphatic heterocycles. The number of sulfone groups is 1. The first-order valence-electron chi connectivity index (χ1n) is 9.83. The maximum Gasteiger partial charge on any atom is 0.253 e. The lowest BCUT2D eigenvalue weighted by Gasteiger charge is -2.40. The summed E-state index contributed by atoms with van der Waals surface area (Å²) in [7, 11) is -3.14. The largest absolute Gasteiger partial charge is 0.336 e. The summed E-state index contributed by atoms with van der Waals surface area (Å²) in [5, 5.41) is -0.642. The van der Waals surface area contributed by atoms with Gasteiger partial charge >= 0.3 is 0 Å². The van der Waals surface area contributed by atoms with Crippen LogP contribution in [0.4, 0.5) is 4.39 Å². The van der Waals surface area contributed by atoms with Crippen LogP contribution >= 0.6 is 0 Å². The first-order chi connectivity index (χ1) is 13.4. The second kappa shape index (κ2) is 7.66. The van der Waals surface area contributed by atoms with E-state index in [0.29, 0.717) is 5.56 Å². The van der Waals surface area contributed by atoms with Crippen LogP contribution in [-0.4, -0.2) is 42.8 Å². The lowest BCUT2D eigenvalue weighted by Crippen LogP contribution is -2.58. The van der Waals surface area contributed by atoms with Crippen molar-refractivity contribution in [3.05, 3.63) is 59.9 Å². The Morgan fingerprint density at radius 1 is 0.821 bits per heavy atom. The van der Waals surface area contributed by atoms with E-state index in [0.717, 1.165) is 43.2 Å². The molecule has 0 bridgehead atoms. The van der Waals surface area contributed by atoms with E-state index < -0.39 is 15.1 Å². The molecule has 0 aromatic heterocycles. The number of nitrogens with zero attached hydrogens (tertiary/aromatic N) is 1. The van der Waals surface area contributed by atoms with Crippen molar-refractivity contribution in [2.75, 3.05) is 13.1 Å². The lowest BCUT2D eigenvalue weighted by atomic mass is 10.0. The van der Waals surface area contributed by atoms with Gasteiger partial charge in [-0.05, 0) is 48.2 Å². The summed E-state index contributed by atoms with van der Waals surface area (Å²) in [6.07, 6.45) is 4.61. The molecule has 0 spiro atoms. The third-order valence-electron chi connectivity index (χ3n) is 5.93. The molecule has 0 unspecified atom stereocenters. The molecule has 2 fully saturated rings. The zero-order valence-electron chi connectivity index (χ0n) is 15.7. The number of amides is 1. The van der Waals surface area contributed by atoms with Gasteiger partial charge in [-0.1, -0.05) is 43.5 Å². The predicted molar refractivity (Wildman–Crippen MR) is 107 cm³/mol. The van der Waals surface area contributed by atoms with E-state index in [1.165, 1.54) is 12.1 Å². The maximum absolute atomic E-state index is 13.0. The highest BCUT2D eigenvalue weighted by Crippen LogP contribution is 2.30. The summed E-state index contributed by atoms with van der Waals surface area (Å²) in [4.78, 5) is 14.3. The van der Waals surface area contributed by atoms with Gasteiger partial charge in [-0.2, -0.15) is 0 Å². The highest BCUT2D eigenvalue weighted by Gasteiger charge is 2.43. The van der Waals surface area contributed by atoms with E-state index in [2.05, 4.69) is 0 Å². The van der Waals surface area contributed by atoms with Crippen molar-refractivity contribution in [3.63, 3.8) is 0 Å². The zero-order chi connectivity index (χ0) is 19.7. The van der Waals surface area contributed by atoms with Gasteiger partial charge in [0, 0.05) is 18.7 Å². The van der Waals surface area contributed by atoms with Gasteiger partial charge in [0.1, 0.15) is 5.82 Å². The molecule has 1 saturated carbocycles. The van der Waals surface area contributed by atoms with Crippen molar-refractivity contribution in [3.8, 4) is 11.1 Å². The summed E-state index contributed by atoms with van der Waals surface area (Å²) >= 11 is 0. The van der Waals surface area contributed by atoms with E-state index in [-0.39, 0.29) is 30.1 Å². The standard InChI is InChI=1S/C22H24FNO3S/c23-19-12-10-17(11-13-19)16-6-8-18(9-7-16)22(25)24-14-21(15-24)28(26,27)20-4-2-1-3-5-20/h6-13,20-21H,1-5,14-15H2. The highest BCUT2D eigenvalue weighted by atomic mass is 32.2. The highest BCUT2D eigenvalue weighted by molar-refractivity contribution is 7.92. The molecule has 28 heavy (non-hydrogen) atoms. The van der Waals surface area contributed by atoms with Crippen molar-refractivity contribution in [2.45, 2.75) is 42.6 Å². The number of rotatable bonds is 4. The first-order valence-corrected chi connectivity index (χ1v) is 11.4. The third-order valence-corrected chi connectivity index (χ3v) is 8.55. The Morgan fingerprint density at radius 3 is 1.93 bits per heavy atom. The number of benzene rings is 2. The second-order valence-corrected chi connectivity index (χ2v) is 10.3. The molecule has 1 saturated heterocycles. The molecule has 2 aromatic carbocycles. The molecule has 1 amide bonds. The monoisotopic (exact) mass is 401 g/mol. The topological polar surface area (TPSA) is 54.5 Å². The van der Waals surface area contributed by atoms with Crippen molar-refractivity contribution in [1.29, 1.82) is 0 Å². The Bertz CT molecular complexity index is 942. The minimum absolute atomic E-state index is 0.138. The second-order valence-electron chi connectivity index (χ2n) is 7.77. The summed E-state index contributed by atoms with van der Waals surface area (Å²) < 4.78 is 38.5. The molecule has 1 aliphatic carbocycles. The van der Waals surface area contributed by atoms with E-state index in [1.807, 2.05) is 12.1 Å². The summed E-state index contributed by atoms with van der Waals surface area (Å²) in [5.41, 5.74) is 2.32. The van der Waals surface area contributed by atoms with E-state index in [9.17, 15) is 17.6 Å². The van der Waals surface area contributed by atoms with Crippen LogP contribution < -0.4 is 0 Å². The van der Waals surface area contributed by atoms with Gasteiger partial charge < -0.3 is 4.90 Å². The molecule has 0 atom stereocenters. The first kappa shape index (κ1) is 19.1. The number of likely N-dealkylation sites (tertiary alicyclic amines) is 1. The Hall–Kier alpha value is -2.21. The SMILES string of the molecule is O=C(c1ccc(-c2ccc(F)cc2)cc1)N1CC(S(=O)(=O)C2CCCCC2)C1. The van der Waals surface area contributed by atoms with Crippen LogP contribution in [0.3, 0.4) is 0 Å². The average molecular weight is 402 g/mol. The van der Waals surface area contributed by atoms with Gasteiger partial charge in [0.25, 0.3) is 5.91 Å². The van der Waals surface area contributed by atoms with Crippen LogP contribution in [0.15, 0.2) is 48.5 Å². The van der Waals surface area contributed by atoms with Crippen molar-refractivity contribution < 1.29 is 17.6 Å². The van der Waals surface area contributed by atoms with Gasteiger partial charge in [-0.25, -0.2) is 12.8 Å². The molecular weight excluding hydrogens is 377 g/mol. The van der Waals surface area contributed by atoms with Crippen LogP contribution in [0.25, 0.3) is 11.1 Å². The van der Waals surface area contributed by atoms with Gasteiger partial charge in [0.2, 0.25) is 0 Å². The van der Waals surface area contributed by atoms with Crippen molar-refractivity contribution >= 4 is 15.7 Å². The van der Waals surface area contributed by atoms with Gasteiger partial charge in [-0.15, -0.1) is 0 Å². The Balaban J connectivity index is 1.39. The predicted octanol–water partition coefficient (Wildman–Crippen LogP) is 4.06. The minimum atomic E-state index is -3.14. The molecule has 2 aromatic rings. The number of carbonyl (C=O) groups excluding carboxylic acids is 1.